The molecule has 2 amide bonds. The molecule has 0 bridgehead atoms. The lowest BCUT2D eigenvalue weighted by molar-refractivity contribution is 0.0766. The highest BCUT2D eigenvalue weighted by Crippen LogP contribution is 2.50. The monoisotopic (exact) mass is 466 g/mol. The molecule has 0 saturated carbocycles. The summed E-state index contributed by atoms with van der Waals surface area (Å²) in [7, 11) is 5.76. The minimum absolute atomic E-state index is 0.207. The van der Waals surface area contributed by atoms with Gasteiger partial charge in [-0.2, -0.15) is 0 Å². The number of aromatic nitrogens is 1. The Balaban J connectivity index is 1.64. The molecule has 3 heterocycles. The van der Waals surface area contributed by atoms with E-state index in [2.05, 4.69) is 27.9 Å². The summed E-state index contributed by atoms with van der Waals surface area (Å²) in [5, 5.41) is 14.5. The molecule has 2 aliphatic heterocycles. The number of ether oxygens (including phenoxy) is 1. The Labute approximate surface area is 198 Å². The summed E-state index contributed by atoms with van der Waals surface area (Å²) >= 11 is 0. The number of hydrogen-bond acceptors (Lipinski definition) is 4. The minimum atomic E-state index is -0.516. The van der Waals surface area contributed by atoms with Crippen molar-refractivity contribution >= 4 is 22.6 Å². The number of urea groups is 1. The fraction of sp³-hybridized carbons (Fsp3) is 0.423. The Morgan fingerprint density at radius 2 is 1.97 bits per heavy atom. The van der Waals surface area contributed by atoms with Crippen molar-refractivity contribution in [3.8, 4) is 5.75 Å². The van der Waals surface area contributed by atoms with Gasteiger partial charge in [0.15, 0.2) is 0 Å². The van der Waals surface area contributed by atoms with Gasteiger partial charge in [-0.05, 0) is 68.9 Å². The van der Waals surface area contributed by atoms with E-state index in [-0.39, 0.29) is 18.1 Å². The maximum atomic E-state index is 13.7. The molecule has 3 aromatic rings. The lowest BCUT2D eigenvalue weighted by Crippen LogP contribution is -2.56. The van der Waals surface area contributed by atoms with E-state index in [1.165, 1.54) is 17.7 Å². The topological polar surface area (TPSA) is 70.0 Å². The number of halogens is 1. The fourth-order valence-electron chi connectivity index (χ4n) is 5.79. The van der Waals surface area contributed by atoms with Gasteiger partial charge < -0.3 is 29.5 Å². The summed E-state index contributed by atoms with van der Waals surface area (Å²) in [5.74, 6) is 0.357. The van der Waals surface area contributed by atoms with Gasteiger partial charge in [0.25, 0.3) is 0 Å². The standard InChI is InChI=1S/C26H31FN4O3/c1-29-11-9-26(10-12-29)16-31(25(33)28-18-6-4-5-17(27)13-18)22(15-32)24-23(26)20-8-7-19(34-3)14-21(20)30(24)2/h4-8,13-14,22,32H,9-12,15-16H2,1-3H3,(H,28,33)/t22-/m1/s1. The number of aliphatic hydroxyl groups is 1. The normalized spacial score (nSPS) is 19.9. The lowest BCUT2D eigenvalue weighted by atomic mass is 9.68. The number of hydrogen-bond donors (Lipinski definition) is 2. The summed E-state index contributed by atoms with van der Waals surface area (Å²) in [5.41, 5.74) is 3.37. The Bertz CT molecular complexity index is 1230. The summed E-state index contributed by atoms with van der Waals surface area (Å²) in [6, 6.07) is 11.1. The second kappa shape index (κ2) is 8.60. The molecule has 1 saturated heterocycles. The molecule has 7 nitrogen and oxygen atoms in total. The van der Waals surface area contributed by atoms with Crippen LogP contribution < -0.4 is 10.1 Å². The number of nitrogens with one attached hydrogen (secondary N) is 1. The fourth-order valence-corrected chi connectivity index (χ4v) is 5.79. The molecule has 1 atom stereocenters. The van der Waals surface area contributed by atoms with Crippen LogP contribution in [0.15, 0.2) is 42.5 Å². The van der Waals surface area contributed by atoms with Gasteiger partial charge in [0.05, 0.1) is 25.3 Å². The zero-order valence-corrected chi connectivity index (χ0v) is 19.8. The average molecular weight is 467 g/mol. The van der Waals surface area contributed by atoms with Crippen LogP contribution in [0, 0.1) is 5.82 Å². The number of methoxy groups -OCH3 is 1. The number of benzene rings is 2. The number of aryl methyl sites for hydroxylation is 1. The molecule has 8 heteroatoms. The van der Waals surface area contributed by atoms with Crippen molar-refractivity contribution in [1.82, 2.24) is 14.4 Å². The number of aliphatic hydroxyl groups excluding tert-OH is 1. The van der Waals surface area contributed by atoms with E-state index < -0.39 is 11.9 Å². The highest BCUT2D eigenvalue weighted by Gasteiger charge is 2.49. The first kappa shape index (κ1) is 22.7. The molecule has 2 aliphatic rings. The van der Waals surface area contributed by atoms with E-state index in [1.54, 1.807) is 24.1 Å². The molecule has 2 aromatic carbocycles. The molecule has 5 rings (SSSR count). The number of anilines is 1. The van der Waals surface area contributed by atoms with Gasteiger partial charge in [0.1, 0.15) is 11.6 Å². The van der Waals surface area contributed by atoms with Crippen LogP contribution in [-0.4, -0.2) is 65.9 Å². The molecular formula is C26H31FN4O3. The SMILES string of the molecule is COc1ccc2c3c(n(C)c2c1)[C@@H](CO)N(C(=O)Nc1cccc(F)c1)CC31CCN(C)CC1. The number of likely N-dealkylation sites (tertiary alicyclic amines) is 1. The molecule has 0 radical (unpaired) electrons. The van der Waals surface area contributed by atoms with E-state index in [9.17, 15) is 14.3 Å². The Kier molecular flexibility index (Phi) is 5.73. The maximum Gasteiger partial charge on any atom is 0.322 e. The molecule has 1 aromatic heterocycles. The number of rotatable bonds is 3. The van der Waals surface area contributed by atoms with Crippen LogP contribution in [0.5, 0.6) is 5.75 Å². The van der Waals surface area contributed by atoms with Gasteiger partial charge in [-0.3, -0.25) is 0 Å². The van der Waals surface area contributed by atoms with Crippen LogP contribution in [0.3, 0.4) is 0 Å². The summed E-state index contributed by atoms with van der Waals surface area (Å²) in [6.45, 7) is 2.14. The summed E-state index contributed by atoms with van der Waals surface area (Å²) in [6.07, 6.45) is 1.81. The maximum absolute atomic E-state index is 13.7. The number of carbonyl (C=O) groups excluding carboxylic acids is 1. The van der Waals surface area contributed by atoms with Crippen molar-refractivity contribution in [2.45, 2.75) is 24.3 Å². The predicted molar refractivity (Wildman–Crippen MR) is 130 cm³/mol. The number of carbonyl (C=O) groups is 1. The lowest BCUT2D eigenvalue weighted by Gasteiger charge is -2.50. The van der Waals surface area contributed by atoms with Crippen molar-refractivity contribution in [2.24, 2.45) is 7.05 Å². The molecular weight excluding hydrogens is 435 g/mol. The van der Waals surface area contributed by atoms with Gasteiger partial charge >= 0.3 is 6.03 Å². The van der Waals surface area contributed by atoms with Crippen molar-refractivity contribution in [1.29, 1.82) is 0 Å². The molecule has 180 valence electrons. The summed E-state index contributed by atoms with van der Waals surface area (Å²) in [4.78, 5) is 17.6. The van der Waals surface area contributed by atoms with E-state index in [1.807, 2.05) is 19.2 Å². The van der Waals surface area contributed by atoms with Crippen LogP contribution in [0.4, 0.5) is 14.9 Å². The molecule has 1 spiro atoms. The van der Waals surface area contributed by atoms with Gasteiger partial charge in [0.2, 0.25) is 0 Å². The zero-order chi connectivity index (χ0) is 24.0. The number of nitrogens with zero attached hydrogens (tertiary/aromatic N) is 3. The number of fused-ring (bicyclic) bond motifs is 4. The van der Waals surface area contributed by atoms with Crippen LogP contribution in [-0.2, 0) is 12.5 Å². The van der Waals surface area contributed by atoms with E-state index in [4.69, 9.17) is 4.74 Å². The van der Waals surface area contributed by atoms with Gasteiger partial charge in [0, 0.05) is 41.8 Å². The molecule has 34 heavy (non-hydrogen) atoms. The highest BCUT2D eigenvalue weighted by atomic mass is 19.1. The van der Waals surface area contributed by atoms with Crippen LogP contribution in [0.1, 0.15) is 30.1 Å². The summed E-state index contributed by atoms with van der Waals surface area (Å²) < 4.78 is 21.3. The largest absolute Gasteiger partial charge is 0.497 e. The first-order chi connectivity index (χ1) is 16.4. The molecule has 1 fully saturated rings. The third kappa shape index (κ3) is 3.61. The second-order valence-electron chi connectivity index (χ2n) is 9.55. The zero-order valence-electron chi connectivity index (χ0n) is 19.8. The van der Waals surface area contributed by atoms with Crippen molar-refractivity contribution in [2.75, 3.05) is 45.7 Å². The average Bonchev–Trinajstić information content (AvgIpc) is 3.13. The van der Waals surface area contributed by atoms with Crippen LogP contribution >= 0.6 is 0 Å². The second-order valence-corrected chi connectivity index (χ2v) is 9.55. The Morgan fingerprint density at radius 1 is 1.21 bits per heavy atom. The van der Waals surface area contributed by atoms with Crippen LogP contribution in [0.2, 0.25) is 0 Å². The first-order valence-electron chi connectivity index (χ1n) is 11.7. The number of amides is 2. The van der Waals surface area contributed by atoms with Crippen molar-refractivity contribution < 1.29 is 19.0 Å². The van der Waals surface area contributed by atoms with Gasteiger partial charge in [-0.15, -0.1) is 0 Å². The Hall–Kier alpha value is -3.10. The molecule has 0 aliphatic carbocycles. The molecule has 0 unspecified atom stereocenters. The van der Waals surface area contributed by atoms with E-state index in [0.29, 0.717) is 12.2 Å². The quantitative estimate of drug-likeness (QED) is 0.615. The van der Waals surface area contributed by atoms with Gasteiger partial charge in [-0.25, -0.2) is 9.18 Å². The smallest absolute Gasteiger partial charge is 0.322 e. The Morgan fingerprint density at radius 3 is 2.65 bits per heavy atom. The minimum Gasteiger partial charge on any atom is -0.497 e. The highest BCUT2D eigenvalue weighted by molar-refractivity contribution is 5.92. The van der Waals surface area contributed by atoms with E-state index in [0.717, 1.165) is 48.3 Å². The third-order valence-electron chi connectivity index (χ3n) is 7.60. The number of piperidine rings is 1. The van der Waals surface area contributed by atoms with Crippen molar-refractivity contribution in [3.05, 3.63) is 59.5 Å². The van der Waals surface area contributed by atoms with E-state index >= 15 is 0 Å². The first-order valence-corrected chi connectivity index (χ1v) is 11.7. The van der Waals surface area contributed by atoms with Crippen molar-refractivity contribution in [3.63, 3.8) is 0 Å². The molecule has 2 N–H and O–H groups in total. The van der Waals surface area contributed by atoms with Crippen LogP contribution in [0.25, 0.3) is 10.9 Å². The van der Waals surface area contributed by atoms with Gasteiger partial charge in [-0.1, -0.05) is 6.07 Å². The third-order valence-corrected chi connectivity index (χ3v) is 7.60. The predicted octanol–water partition coefficient (Wildman–Crippen LogP) is 3.87.